The summed E-state index contributed by atoms with van der Waals surface area (Å²) in [6, 6.07) is 19.6. The summed E-state index contributed by atoms with van der Waals surface area (Å²) in [6.45, 7) is 2.39. The number of anilines is 1. The summed E-state index contributed by atoms with van der Waals surface area (Å²) >= 11 is 0. The van der Waals surface area contributed by atoms with Gasteiger partial charge in [0, 0.05) is 37.8 Å². The molecule has 1 saturated heterocycles. The van der Waals surface area contributed by atoms with E-state index in [4.69, 9.17) is 4.74 Å². The normalized spacial score (nSPS) is 14.0. The maximum Gasteiger partial charge on any atom is 0.260 e. The zero-order valence-electron chi connectivity index (χ0n) is 15.9. The van der Waals surface area contributed by atoms with Crippen molar-refractivity contribution in [3.63, 3.8) is 0 Å². The Morgan fingerprint density at radius 2 is 1.72 bits per heavy atom. The van der Waals surface area contributed by atoms with Gasteiger partial charge in [0.25, 0.3) is 5.91 Å². The zero-order chi connectivity index (χ0) is 20.1. The van der Waals surface area contributed by atoms with Gasteiger partial charge in [-0.2, -0.15) is 0 Å². The second kappa shape index (κ2) is 8.68. The Morgan fingerprint density at radius 1 is 0.931 bits per heavy atom. The summed E-state index contributed by atoms with van der Waals surface area (Å²) in [6.07, 6.45) is 0. The van der Waals surface area contributed by atoms with Crippen LogP contribution >= 0.6 is 0 Å². The van der Waals surface area contributed by atoms with Crippen molar-refractivity contribution in [2.45, 2.75) is 0 Å². The van der Waals surface area contributed by atoms with E-state index in [9.17, 15) is 9.18 Å². The molecule has 2 heterocycles. The fraction of sp³-hybridized carbons (Fsp3) is 0.227. The first-order valence-corrected chi connectivity index (χ1v) is 9.49. The summed E-state index contributed by atoms with van der Waals surface area (Å²) in [7, 11) is 0. The number of piperazine rings is 1. The molecule has 2 aromatic carbocycles. The van der Waals surface area contributed by atoms with Gasteiger partial charge in [-0.05, 0) is 24.3 Å². The molecule has 0 N–H and O–H groups in total. The molecule has 0 spiro atoms. The Hall–Kier alpha value is -3.48. The van der Waals surface area contributed by atoms with Gasteiger partial charge in [0.05, 0.1) is 5.69 Å². The molecule has 6 nitrogen and oxygen atoms in total. The van der Waals surface area contributed by atoms with Gasteiger partial charge in [0.15, 0.2) is 12.4 Å². The lowest BCUT2D eigenvalue weighted by atomic mass is 10.1. The molecular weight excluding hydrogens is 371 g/mol. The minimum Gasteiger partial charge on any atom is -0.484 e. The highest BCUT2D eigenvalue weighted by Gasteiger charge is 2.22. The Morgan fingerprint density at radius 3 is 2.41 bits per heavy atom. The average molecular weight is 392 g/mol. The van der Waals surface area contributed by atoms with Crippen LogP contribution < -0.4 is 9.64 Å². The lowest BCUT2D eigenvalue weighted by Gasteiger charge is -2.35. The lowest BCUT2D eigenvalue weighted by Crippen LogP contribution is -2.50. The van der Waals surface area contributed by atoms with E-state index in [1.807, 2.05) is 42.5 Å². The van der Waals surface area contributed by atoms with E-state index in [1.54, 1.807) is 17.0 Å². The number of hydrogen-bond acceptors (Lipinski definition) is 5. The van der Waals surface area contributed by atoms with Crippen LogP contribution in [-0.2, 0) is 4.79 Å². The second-order valence-electron chi connectivity index (χ2n) is 6.76. The van der Waals surface area contributed by atoms with Gasteiger partial charge < -0.3 is 14.5 Å². The Labute approximate surface area is 168 Å². The number of rotatable bonds is 5. The Bertz CT molecular complexity index is 958. The first-order valence-electron chi connectivity index (χ1n) is 9.49. The zero-order valence-corrected chi connectivity index (χ0v) is 15.9. The van der Waals surface area contributed by atoms with Crippen LogP contribution in [0.3, 0.4) is 0 Å². The molecule has 3 aromatic rings. The molecule has 0 atom stereocenters. The molecule has 29 heavy (non-hydrogen) atoms. The van der Waals surface area contributed by atoms with Crippen LogP contribution in [0.25, 0.3) is 11.3 Å². The van der Waals surface area contributed by atoms with Crippen LogP contribution in [0, 0.1) is 5.82 Å². The molecule has 0 bridgehead atoms. The van der Waals surface area contributed by atoms with Crippen LogP contribution in [0.1, 0.15) is 0 Å². The number of benzene rings is 2. The van der Waals surface area contributed by atoms with Crippen molar-refractivity contribution in [2.24, 2.45) is 0 Å². The highest BCUT2D eigenvalue weighted by Crippen LogP contribution is 2.19. The summed E-state index contributed by atoms with van der Waals surface area (Å²) in [5.41, 5.74) is 1.86. The quantitative estimate of drug-likeness (QED) is 0.668. The summed E-state index contributed by atoms with van der Waals surface area (Å²) < 4.78 is 18.6. The van der Waals surface area contributed by atoms with Crippen molar-refractivity contribution in [1.82, 2.24) is 15.1 Å². The van der Waals surface area contributed by atoms with Gasteiger partial charge in [-0.25, -0.2) is 4.39 Å². The summed E-state index contributed by atoms with van der Waals surface area (Å²) in [5.74, 6) is 0.654. The van der Waals surface area contributed by atoms with Gasteiger partial charge in [0.1, 0.15) is 11.6 Å². The van der Waals surface area contributed by atoms with Gasteiger partial charge in [-0.1, -0.05) is 36.4 Å². The van der Waals surface area contributed by atoms with Crippen LogP contribution in [0.5, 0.6) is 5.75 Å². The lowest BCUT2D eigenvalue weighted by molar-refractivity contribution is -0.133. The first kappa shape index (κ1) is 18.9. The molecule has 7 heteroatoms. The van der Waals surface area contributed by atoms with Crippen LogP contribution in [0.4, 0.5) is 10.2 Å². The number of hydrogen-bond donors (Lipinski definition) is 0. The molecule has 0 radical (unpaired) electrons. The van der Waals surface area contributed by atoms with Gasteiger partial charge in [-0.15, -0.1) is 10.2 Å². The molecule has 148 valence electrons. The van der Waals surface area contributed by atoms with Crippen molar-refractivity contribution < 1.29 is 13.9 Å². The standard InChI is InChI=1S/C22H21FN4O2/c23-18-7-4-8-19(15-18)29-16-22(28)27-13-11-26(12-14-27)21-10-9-20(24-25-21)17-5-2-1-3-6-17/h1-10,15H,11-14,16H2. The highest BCUT2D eigenvalue weighted by atomic mass is 19.1. The number of carbonyl (C=O) groups excluding carboxylic acids is 1. The monoisotopic (exact) mass is 392 g/mol. The van der Waals surface area contributed by atoms with Crippen molar-refractivity contribution >= 4 is 11.7 Å². The molecule has 0 saturated carbocycles. The highest BCUT2D eigenvalue weighted by molar-refractivity contribution is 5.78. The topological polar surface area (TPSA) is 58.6 Å². The largest absolute Gasteiger partial charge is 0.484 e. The fourth-order valence-corrected chi connectivity index (χ4v) is 3.23. The van der Waals surface area contributed by atoms with Crippen molar-refractivity contribution in [1.29, 1.82) is 0 Å². The molecule has 0 aliphatic carbocycles. The Balaban J connectivity index is 1.29. The molecular formula is C22H21FN4O2. The molecule has 1 aromatic heterocycles. The molecule has 0 unspecified atom stereocenters. The maximum atomic E-state index is 13.2. The van der Waals surface area contributed by atoms with Gasteiger partial charge in [0.2, 0.25) is 0 Å². The van der Waals surface area contributed by atoms with Crippen molar-refractivity contribution in [2.75, 3.05) is 37.7 Å². The minimum absolute atomic E-state index is 0.102. The molecule has 1 amide bonds. The maximum absolute atomic E-state index is 13.2. The van der Waals surface area contributed by atoms with E-state index in [0.29, 0.717) is 31.9 Å². The molecule has 4 rings (SSSR count). The number of halogens is 1. The average Bonchev–Trinajstić information content (AvgIpc) is 2.78. The number of carbonyl (C=O) groups is 1. The first-order chi connectivity index (χ1) is 14.2. The number of aromatic nitrogens is 2. The number of ether oxygens (including phenoxy) is 1. The van der Waals surface area contributed by atoms with Crippen molar-refractivity contribution in [3.05, 3.63) is 72.5 Å². The SMILES string of the molecule is O=C(COc1cccc(F)c1)N1CCN(c2ccc(-c3ccccc3)nn2)CC1. The van der Waals surface area contributed by atoms with E-state index >= 15 is 0 Å². The molecule has 1 aliphatic rings. The van der Waals surface area contributed by atoms with E-state index in [-0.39, 0.29) is 18.3 Å². The van der Waals surface area contributed by atoms with E-state index in [0.717, 1.165) is 17.1 Å². The smallest absolute Gasteiger partial charge is 0.260 e. The number of amides is 1. The predicted octanol–water partition coefficient (Wildman–Crippen LogP) is 3.01. The molecule has 1 fully saturated rings. The Kier molecular flexibility index (Phi) is 5.65. The van der Waals surface area contributed by atoms with Gasteiger partial charge >= 0.3 is 0 Å². The summed E-state index contributed by atoms with van der Waals surface area (Å²) in [4.78, 5) is 16.2. The van der Waals surface area contributed by atoms with E-state index in [1.165, 1.54) is 12.1 Å². The van der Waals surface area contributed by atoms with E-state index in [2.05, 4.69) is 15.1 Å². The van der Waals surface area contributed by atoms with Crippen molar-refractivity contribution in [3.8, 4) is 17.0 Å². The predicted molar refractivity (Wildman–Crippen MR) is 108 cm³/mol. The van der Waals surface area contributed by atoms with Crippen LogP contribution in [0.15, 0.2) is 66.7 Å². The van der Waals surface area contributed by atoms with Crippen LogP contribution in [-0.4, -0.2) is 53.8 Å². The number of nitrogens with zero attached hydrogens (tertiary/aromatic N) is 4. The second-order valence-corrected chi connectivity index (χ2v) is 6.76. The third-order valence-electron chi connectivity index (χ3n) is 4.83. The third kappa shape index (κ3) is 4.68. The van der Waals surface area contributed by atoms with Crippen LogP contribution in [0.2, 0.25) is 0 Å². The van der Waals surface area contributed by atoms with E-state index < -0.39 is 0 Å². The fourth-order valence-electron chi connectivity index (χ4n) is 3.23. The summed E-state index contributed by atoms with van der Waals surface area (Å²) in [5, 5.41) is 8.67. The molecule has 1 aliphatic heterocycles. The third-order valence-corrected chi connectivity index (χ3v) is 4.83. The van der Waals surface area contributed by atoms with Gasteiger partial charge in [-0.3, -0.25) is 4.79 Å². The minimum atomic E-state index is -0.386.